The zero-order valence-electron chi connectivity index (χ0n) is 13.7. The molecule has 4 rings (SSSR count). The van der Waals surface area contributed by atoms with Crippen molar-refractivity contribution in [2.24, 2.45) is 5.92 Å². The first-order valence-corrected chi connectivity index (χ1v) is 10.1. The number of benzene rings is 1. The summed E-state index contributed by atoms with van der Waals surface area (Å²) in [7, 11) is -3.94. The van der Waals surface area contributed by atoms with E-state index in [-0.39, 0.29) is 29.3 Å². The molecule has 0 unspecified atom stereocenters. The van der Waals surface area contributed by atoms with Crippen LogP contribution in [-0.2, 0) is 14.8 Å². The summed E-state index contributed by atoms with van der Waals surface area (Å²) in [6.07, 6.45) is 3.74. The second-order valence-corrected chi connectivity index (χ2v) is 9.09. The molecule has 1 saturated carbocycles. The van der Waals surface area contributed by atoms with E-state index in [1.54, 1.807) is 0 Å². The van der Waals surface area contributed by atoms with Crippen LogP contribution >= 0.6 is 0 Å². The normalized spacial score (nSPS) is 28.1. The number of piperidine rings is 2. The second-order valence-electron chi connectivity index (χ2n) is 7.16. The molecule has 136 valence electrons. The molecule has 2 saturated heterocycles. The van der Waals surface area contributed by atoms with E-state index >= 15 is 0 Å². The van der Waals surface area contributed by atoms with E-state index in [9.17, 15) is 22.0 Å². The summed E-state index contributed by atoms with van der Waals surface area (Å²) in [6, 6.07) is 2.77. The number of hydrogen-bond donors (Lipinski definition) is 0. The van der Waals surface area contributed by atoms with Gasteiger partial charge in [-0.2, -0.15) is 4.31 Å². The first-order chi connectivity index (χ1) is 11.9. The SMILES string of the molecule is O=C1CC[C@H]2CN(S(=O)(=O)c3cc(F)cc(F)c3)CC[C@H]2N1C1CC1. The molecule has 0 aromatic heterocycles. The molecule has 1 aliphatic carbocycles. The predicted molar refractivity (Wildman–Crippen MR) is 86.1 cm³/mol. The molecule has 25 heavy (non-hydrogen) atoms. The summed E-state index contributed by atoms with van der Waals surface area (Å²) < 4.78 is 53.7. The van der Waals surface area contributed by atoms with Crippen LogP contribution in [0.3, 0.4) is 0 Å². The highest BCUT2D eigenvalue weighted by atomic mass is 32.2. The largest absolute Gasteiger partial charge is 0.336 e. The van der Waals surface area contributed by atoms with Crippen molar-refractivity contribution >= 4 is 15.9 Å². The van der Waals surface area contributed by atoms with E-state index in [0.29, 0.717) is 37.9 Å². The van der Waals surface area contributed by atoms with Gasteiger partial charge in [0.1, 0.15) is 11.6 Å². The molecule has 1 aromatic rings. The summed E-state index contributed by atoms with van der Waals surface area (Å²) >= 11 is 0. The van der Waals surface area contributed by atoms with Crippen molar-refractivity contribution in [2.45, 2.75) is 49.1 Å². The van der Waals surface area contributed by atoms with Crippen LogP contribution in [0.1, 0.15) is 32.1 Å². The Hall–Kier alpha value is -1.54. The smallest absolute Gasteiger partial charge is 0.243 e. The van der Waals surface area contributed by atoms with Crippen molar-refractivity contribution < 1.29 is 22.0 Å². The molecule has 3 aliphatic rings. The van der Waals surface area contributed by atoms with Crippen LogP contribution in [0.5, 0.6) is 0 Å². The van der Waals surface area contributed by atoms with Crippen LogP contribution < -0.4 is 0 Å². The third-order valence-electron chi connectivity index (χ3n) is 5.44. The van der Waals surface area contributed by atoms with E-state index in [2.05, 4.69) is 0 Å². The van der Waals surface area contributed by atoms with Gasteiger partial charge in [-0.3, -0.25) is 4.79 Å². The number of sulfonamides is 1. The summed E-state index contributed by atoms with van der Waals surface area (Å²) in [6.45, 7) is 0.555. The molecular weight excluding hydrogens is 350 g/mol. The molecule has 1 amide bonds. The molecule has 0 radical (unpaired) electrons. The van der Waals surface area contributed by atoms with E-state index in [1.165, 1.54) is 4.31 Å². The van der Waals surface area contributed by atoms with Crippen LogP contribution in [0.25, 0.3) is 0 Å². The Balaban J connectivity index is 1.56. The van der Waals surface area contributed by atoms with Gasteiger partial charge in [-0.15, -0.1) is 0 Å². The van der Waals surface area contributed by atoms with Gasteiger partial charge in [0.15, 0.2) is 0 Å². The Morgan fingerprint density at radius 3 is 2.32 bits per heavy atom. The standard InChI is InChI=1S/C17H20F2N2O3S/c18-12-7-13(19)9-15(8-12)25(23,24)20-6-5-16-11(10-20)1-4-17(22)21(16)14-2-3-14/h7-9,11,14,16H,1-6,10H2/t11-,16+/m0/s1. The maximum atomic E-state index is 13.4. The fraction of sp³-hybridized carbons (Fsp3) is 0.588. The van der Waals surface area contributed by atoms with Crippen molar-refractivity contribution in [1.82, 2.24) is 9.21 Å². The fourth-order valence-electron chi connectivity index (χ4n) is 4.13. The number of carbonyl (C=O) groups is 1. The molecule has 5 nitrogen and oxygen atoms in total. The monoisotopic (exact) mass is 370 g/mol. The summed E-state index contributed by atoms with van der Waals surface area (Å²) in [4.78, 5) is 13.8. The first-order valence-electron chi connectivity index (χ1n) is 8.63. The van der Waals surface area contributed by atoms with Crippen molar-refractivity contribution in [3.05, 3.63) is 29.8 Å². The quantitative estimate of drug-likeness (QED) is 0.819. The highest BCUT2D eigenvalue weighted by molar-refractivity contribution is 7.89. The molecule has 2 heterocycles. The highest BCUT2D eigenvalue weighted by Gasteiger charge is 2.46. The Labute approximate surface area is 145 Å². The third-order valence-corrected chi connectivity index (χ3v) is 7.29. The number of hydrogen-bond acceptors (Lipinski definition) is 3. The maximum absolute atomic E-state index is 13.4. The summed E-state index contributed by atoms with van der Waals surface area (Å²) in [5.74, 6) is -1.55. The lowest BCUT2D eigenvalue weighted by atomic mass is 9.84. The van der Waals surface area contributed by atoms with Crippen molar-refractivity contribution in [3.63, 3.8) is 0 Å². The minimum Gasteiger partial charge on any atom is -0.336 e. The van der Waals surface area contributed by atoms with Gasteiger partial charge in [0.05, 0.1) is 4.90 Å². The van der Waals surface area contributed by atoms with Gasteiger partial charge in [0.2, 0.25) is 15.9 Å². The van der Waals surface area contributed by atoms with Gasteiger partial charge in [-0.05, 0) is 43.7 Å². The Kier molecular flexibility index (Phi) is 4.07. The fourth-order valence-corrected chi connectivity index (χ4v) is 5.69. The minimum atomic E-state index is -3.94. The zero-order valence-corrected chi connectivity index (χ0v) is 14.5. The van der Waals surface area contributed by atoms with Gasteiger partial charge >= 0.3 is 0 Å². The van der Waals surface area contributed by atoms with Gasteiger partial charge in [-0.1, -0.05) is 0 Å². The lowest BCUT2D eigenvalue weighted by Crippen LogP contribution is -2.57. The minimum absolute atomic E-state index is 0.0835. The Morgan fingerprint density at radius 1 is 1.00 bits per heavy atom. The number of fused-ring (bicyclic) bond motifs is 1. The number of nitrogens with zero attached hydrogens (tertiary/aromatic N) is 2. The van der Waals surface area contributed by atoms with Crippen LogP contribution in [0, 0.1) is 17.6 Å². The number of rotatable bonds is 3. The van der Waals surface area contributed by atoms with Crippen molar-refractivity contribution in [3.8, 4) is 0 Å². The van der Waals surface area contributed by atoms with Crippen molar-refractivity contribution in [1.29, 1.82) is 0 Å². The summed E-state index contributed by atoms with van der Waals surface area (Å²) in [5.41, 5.74) is 0. The summed E-state index contributed by atoms with van der Waals surface area (Å²) in [5, 5.41) is 0. The molecule has 3 fully saturated rings. The predicted octanol–water partition coefficient (Wildman–Crippen LogP) is 2.13. The average molecular weight is 370 g/mol. The maximum Gasteiger partial charge on any atom is 0.243 e. The van der Waals surface area contributed by atoms with Crippen molar-refractivity contribution in [2.75, 3.05) is 13.1 Å². The number of halogens is 2. The average Bonchev–Trinajstić information content (AvgIpc) is 3.38. The molecule has 1 aromatic carbocycles. The molecule has 8 heteroatoms. The molecule has 2 aliphatic heterocycles. The second kappa shape index (κ2) is 6.02. The van der Waals surface area contributed by atoms with Gasteiger partial charge in [0.25, 0.3) is 0 Å². The van der Waals surface area contributed by atoms with E-state index in [4.69, 9.17) is 0 Å². The van der Waals surface area contributed by atoms with Crippen LogP contribution in [-0.4, -0.2) is 48.7 Å². The van der Waals surface area contributed by atoms with Crippen LogP contribution in [0.15, 0.2) is 23.1 Å². The Bertz CT molecular complexity index is 790. The molecule has 0 bridgehead atoms. The molecular formula is C17H20F2N2O3S. The first kappa shape index (κ1) is 16.9. The van der Waals surface area contributed by atoms with Gasteiger partial charge in [0, 0.05) is 37.7 Å². The van der Waals surface area contributed by atoms with Crippen LogP contribution in [0.2, 0.25) is 0 Å². The van der Waals surface area contributed by atoms with E-state index in [1.807, 2.05) is 4.90 Å². The molecule has 2 atom stereocenters. The third kappa shape index (κ3) is 3.06. The highest BCUT2D eigenvalue weighted by Crippen LogP contribution is 2.39. The lowest BCUT2D eigenvalue weighted by molar-refractivity contribution is -0.141. The van der Waals surface area contributed by atoms with E-state index < -0.39 is 21.7 Å². The molecule has 0 N–H and O–H groups in total. The van der Waals surface area contributed by atoms with Gasteiger partial charge < -0.3 is 4.90 Å². The number of amides is 1. The molecule has 0 spiro atoms. The van der Waals surface area contributed by atoms with E-state index in [0.717, 1.165) is 25.0 Å². The number of carbonyl (C=O) groups excluding carboxylic acids is 1. The number of likely N-dealkylation sites (tertiary alicyclic amines) is 1. The topological polar surface area (TPSA) is 57.7 Å². The zero-order chi connectivity index (χ0) is 17.8. The van der Waals surface area contributed by atoms with Crippen LogP contribution in [0.4, 0.5) is 8.78 Å². The van der Waals surface area contributed by atoms with Gasteiger partial charge in [-0.25, -0.2) is 17.2 Å². The lowest BCUT2D eigenvalue weighted by Gasteiger charge is -2.46. The Morgan fingerprint density at radius 2 is 1.68 bits per heavy atom.